The Morgan fingerprint density at radius 2 is 2.29 bits per heavy atom. The lowest BCUT2D eigenvalue weighted by Crippen LogP contribution is -2.08. The number of rotatable bonds is 6. The highest BCUT2D eigenvalue weighted by atomic mass is 32.2. The third kappa shape index (κ3) is 3.23. The van der Waals surface area contributed by atoms with Gasteiger partial charge in [-0.05, 0) is 36.6 Å². The number of hydrogen-bond donors (Lipinski definition) is 1. The smallest absolute Gasteiger partial charge is 0.176 e. The fraction of sp³-hybridized carbons (Fsp3) is 0.333. The molecule has 0 aliphatic carbocycles. The molecule has 0 saturated heterocycles. The second-order valence-electron chi connectivity index (χ2n) is 3.60. The van der Waals surface area contributed by atoms with Crippen LogP contribution in [0.5, 0.6) is 0 Å². The Morgan fingerprint density at radius 3 is 3.06 bits per heavy atom. The van der Waals surface area contributed by atoms with E-state index in [2.05, 4.69) is 21.7 Å². The summed E-state index contributed by atoms with van der Waals surface area (Å²) in [4.78, 5) is 4.35. The lowest BCUT2D eigenvalue weighted by atomic mass is 10.3. The summed E-state index contributed by atoms with van der Waals surface area (Å²) < 4.78 is 1.77. The van der Waals surface area contributed by atoms with Crippen LogP contribution in [0.4, 0.5) is 5.69 Å². The van der Waals surface area contributed by atoms with Gasteiger partial charge in [0.15, 0.2) is 5.82 Å². The summed E-state index contributed by atoms with van der Waals surface area (Å²) in [5, 5.41) is 7.60. The zero-order chi connectivity index (χ0) is 11.9. The van der Waals surface area contributed by atoms with Crippen molar-refractivity contribution in [3.05, 3.63) is 36.8 Å². The molecular weight excluding hydrogens is 232 g/mol. The van der Waals surface area contributed by atoms with E-state index in [-0.39, 0.29) is 0 Å². The summed E-state index contributed by atoms with van der Waals surface area (Å²) in [6, 6.07) is 5.86. The molecule has 0 unspecified atom stereocenters. The summed E-state index contributed by atoms with van der Waals surface area (Å²) in [5.74, 6) is 2.02. The lowest BCUT2D eigenvalue weighted by Gasteiger charge is -2.10. The number of nitrogens with one attached hydrogen (secondary N) is 1. The van der Waals surface area contributed by atoms with E-state index in [4.69, 9.17) is 0 Å². The predicted molar refractivity (Wildman–Crippen MR) is 72.8 cm³/mol. The van der Waals surface area contributed by atoms with Crippen LogP contribution in [0.1, 0.15) is 6.42 Å². The second-order valence-corrected chi connectivity index (χ2v) is 4.58. The van der Waals surface area contributed by atoms with E-state index in [9.17, 15) is 0 Å². The fourth-order valence-corrected chi connectivity index (χ4v) is 1.98. The molecule has 0 aliphatic heterocycles. The van der Waals surface area contributed by atoms with Gasteiger partial charge in [-0.15, -0.1) is 0 Å². The van der Waals surface area contributed by atoms with Crippen LogP contribution in [0, 0.1) is 0 Å². The number of thioether (sulfide) groups is 1. The largest absolute Gasteiger partial charge is 0.382 e. The summed E-state index contributed by atoms with van der Waals surface area (Å²) in [6.45, 7) is 0.959. The minimum atomic E-state index is 0.849. The quantitative estimate of drug-likeness (QED) is 0.797. The Labute approximate surface area is 105 Å². The highest BCUT2D eigenvalue weighted by molar-refractivity contribution is 7.98. The lowest BCUT2D eigenvalue weighted by molar-refractivity contribution is 0.844. The molecule has 0 fully saturated rings. The Kier molecular flexibility index (Phi) is 4.44. The topological polar surface area (TPSA) is 42.7 Å². The third-order valence-electron chi connectivity index (χ3n) is 2.35. The van der Waals surface area contributed by atoms with Crippen molar-refractivity contribution in [2.45, 2.75) is 6.42 Å². The van der Waals surface area contributed by atoms with Gasteiger partial charge in [0, 0.05) is 25.1 Å². The molecule has 0 spiro atoms. The molecule has 0 aromatic carbocycles. The van der Waals surface area contributed by atoms with Crippen molar-refractivity contribution >= 4 is 17.4 Å². The number of pyridine rings is 1. The maximum Gasteiger partial charge on any atom is 0.176 e. The molecule has 0 aliphatic rings. The molecule has 17 heavy (non-hydrogen) atoms. The summed E-state index contributed by atoms with van der Waals surface area (Å²) in [6.07, 6.45) is 8.71. The van der Waals surface area contributed by atoms with Gasteiger partial charge in [-0.2, -0.15) is 16.9 Å². The maximum absolute atomic E-state index is 4.35. The highest BCUT2D eigenvalue weighted by Crippen LogP contribution is 2.15. The molecule has 1 N–H and O–H groups in total. The molecule has 4 nitrogen and oxygen atoms in total. The van der Waals surface area contributed by atoms with Crippen molar-refractivity contribution in [1.82, 2.24) is 14.8 Å². The van der Waals surface area contributed by atoms with Crippen LogP contribution < -0.4 is 5.32 Å². The SMILES string of the molecule is CSCCCNc1cccnc1-n1cccn1. The third-order valence-corrected chi connectivity index (χ3v) is 3.05. The van der Waals surface area contributed by atoms with Crippen LogP contribution in [0.2, 0.25) is 0 Å². The minimum Gasteiger partial charge on any atom is -0.382 e. The molecule has 2 heterocycles. The van der Waals surface area contributed by atoms with Crippen LogP contribution in [-0.2, 0) is 0 Å². The standard InChI is InChI=1S/C12H16N4S/c1-17-10-4-7-13-11-5-2-6-14-12(11)16-9-3-8-15-16/h2-3,5-6,8-9,13H,4,7,10H2,1H3. The van der Waals surface area contributed by atoms with Crippen LogP contribution in [0.3, 0.4) is 0 Å². The van der Waals surface area contributed by atoms with E-state index in [1.54, 1.807) is 17.1 Å². The van der Waals surface area contributed by atoms with Crippen LogP contribution in [0.25, 0.3) is 5.82 Å². The second kappa shape index (κ2) is 6.30. The molecule has 0 amide bonds. The molecule has 5 heteroatoms. The van der Waals surface area contributed by atoms with Gasteiger partial charge >= 0.3 is 0 Å². The molecule has 2 rings (SSSR count). The Balaban J connectivity index is 2.06. The van der Waals surface area contributed by atoms with E-state index in [0.717, 1.165) is 24.5 Å². The van der Waals surface area contributed by atoms with Crippen molar-refractivity contribution in [2.75, 3.05) is 23.9 Å². The van der Waals surface area contributed by atoms with Crippen molar-refractivity contribution in [3.63, 3.8) is 0 Å². The van der Waals surface area contributed by atoms with Gasteiger partial charge in [-0.1, -0.05) is 0 Å². The van der Waals surface area contributed by atoms with Gasteiger partial charge in [0.2, 0.25) is 0 Å². The molecule has 0 saturated carbocycles. The average Bonchev–Trinajstić information content (AvgIpc) is 2.89. The van der Waals surface area contributed by atoms with Crippen molar-refractivity contribution in [3.8, 4) is 5.82 Å². The monoisotopic (exact) mass is 248 g/mol. The zero-order valence-corrected chi connectivity index (χ0v) is 10.7. The maximum atomic E-state index is 4.35. The van der Waals surface area contributed by atoms with E-state index < -0.39 is 0 Å². The fourth-order valence-electron chi connectivity index (χ4n) is 1.55. The van der Waals surface area contributed by atoms with Gasteiger partial charge in [0.05, 0.1) is 5.69 Å². The first kappa shape index (κ1) is 12.0. The van der Waals surface area contributed by atoms with Gasteiger partial charge in [-0.3, -0.25) is 0 Å². The van der Waals surface area contributed by atoms with Crippen molar-refractivity contribution in [1.29, 1.82) is 0 Å². The van der Waals surface area contributed by atoms with E-state index >= 15 is 0 Å². The van der Waals surface area contributed by atoms with Crippen molar-refractivity contribution < 1.29 is 0 Å². The number of anilines is 1. The van der Waals surface area contributed by atoms with Crippen molar-refractivity contribution in [2.24, 2.45) is 0 Å². The molecular formula is C12H16N4S. The van der Waals surface area contributed by atoms with Gasteiger partial charge < -0.3 is 5.32 Å². The minimum absolute atomic E-state index is 0.849. The van der Waals surface area contributed by atoms with Crippen LogP contribution in [0.15, 0.2) is 36.8 Å². The van der Waals surface area contributed by atoms with Gasteiger partial charge in [-0.25, -0.2) is 9.67 Å². The first-order valence-corrected chi connectivity index (χ1v) is 6.99. The first-order valence-electron chi connectivity index (χ1n) is 5.59. The first-order chi connectivity index (χ1) is 8.42. The van der Waals surface area contributed by atoms with Crippen LogP contribution >= 0.6 is 11.8 Å². The summed E-state index contributed by atoms with van der Waals surface area (Å²) in [5.41, 5.74) is 1.03. The zero-order valence-electron chi connectivity index (χ0n) is 9.84. The highest BCUT2D eigenvalue weighted by Gasteiger charge is 2.04. The Bertz CT molecular complexity index is 442. The molecule has 0 radical (unpaired) electrons. The number of aromatic nitrogens is 3. The summed E-state index contributed by atoms with van der Waals surface area (Å²) in [7, 11) is 0. The van der Waals surface area contributed by atoms with E-state index in [0.29, 0.717) is 0 Å². The number of hydrogen-bond acceptors (Lipinski definition) is 4. The average molecular weight is 248 g/mol. The summed E-state index contributed by atoms with van der Waals surface area (Å²) >= 11 is 1.87. The van der Waals surface area contributed by atoms with Gasteiger partial charge in [0.25, 0.3) is 0 Å². The van der Waals surface area contributed by atoms with Crippen LogP contribution in [-0.4, -0.2) is 33.3 Å². The molecule has 2 aromatic rings. The number of nitrogens with zero attached hydrogens (tertiary/aromatic N) is 3. The molecule has 2 aromatic heterocycles. The molecule has 90 valence electrons. The molecule has 0 bridgehead atoms. The molecule has 0 atom stereocenters. The van der Waals surface area contributed by atoms with Gasteiger partial charge in [0.1, 0.15) is 0 Å². The normalized spacial score (nSPS) is 10.4. The Morgan fingerprint density at radius 1 is 1.35 bits per heavy atom. The van der Waals surface area contributed by atoms with E-state index in [1.807, 2.05) is 36.2 Å². The predicted octanol–water partition coefficient (Wildman–Crippen LogP) is 2.43. The van der Waals surface area contributed by atoms with E-state index in [1.165, 1.54) is 5.75 Å². The Hall–Kier alpha value is -1.49.